The number of hydrogen-bond acceptors (Lipinski definition) is 4. The fraction of sp³-hybridized carbons (Fsp3) is 0.250. The Bertz CT molecular complexity index is 195. The number of urea groups is 1. The molecule has 10 heavy (non-hydrogen) atoms. The van der Waals surface area contributed by atoms with Gasteiger partial charge in [0.25, 0.3) is 5.91 Å². The lowest BCUT2D eigenvalue weighted by atomic mass is 10.2. The molecule has 0 spiro atoms. The summed E-state index contributed by atoms with van der Waals surface area (Å²) in [5, 5.41) is 4.15. The Labute approximate surface area is 61.9 Å². The lowest BCUT2D eigenvalue weighted by Crippen LogP contribution is -2.61. The minimum atomic E-state index is -0.896. The fourth-order valence-electron chi connectivity index (χ4n) is 0.530. The zero-order chi connectivity index (χ0) is 7.72. The molecule has 0 aromatic carbocycles. The van der Waals surface area contributed by atoms with E-state index < -0.39 is 18.0 Å². The van der Waals surface area contributed by atoms with Crippen molar-refractivity contribution in [3.63, 3.8) is 0 Å². The standard InChI is InChI=1S/C4H5N3O2S/c5-1-2(8)6-4(9)7-3(1)10/h1H,5H2,(H2,6,7,8,9,10). The van der Waals surface area contributed by atoms with Gasteiger partial charge >= 0.3 is 6.03 Å². The molecular formula is C4H5N3O2S. The van der Waals surface area contributed by atoms with Crippen LogP contribution in [0.3, 0.4) is 0 Å². The van der Waals surface area contributed by atoms with Gasteiger partial charge in [-0.25, -0.2) is 4.79 Å². The fourth-order valence-corrected chi connectivity index (χ4v) is 0.729. The molecule has 1 aliphatic rings. The van der Waals surface area contributed by atoms with Crippen molar-refractivity contribution in [2.75, 3.05) is 0 Å². The molecule has 54 valence electrons. The van der Waals surface area contributed by atoms with E-state index in [0.717, 1.165) is 0 Å². The van der Waals surface area contributed by atoms with Crippen LogP contribution < -0.4 is 16.4 Å². The molecule has 0 radical (unpaired) electrons. The summed E-state index contributed by atoms with van der Waals surface area (Å²) < 4.78 is 0. The molecule has 1 fully saturated rings. The molecule has 0 bridgehead atoms. The van der Waals surface area contributed by atoms with Gasteiger partial charge in [0, 0.05) is 0 Å². The first-order chi connectivity index (χ1) is 4.61. The maximum atomic E-state index is 10.6. The highest BCUT2D eigenvalue weighted by atomic mass is 32.1. The van der Waals surface area contributed by atoms with Crippen molar-refractivity contribution in [3.05, 3.63) is 0 Å². The third-order valence-electron chi connectivity index (χ3n) is 1.04. The molecule has 1 saturated heterocycles. The number of rotatable bonds is 0. The van der Waals surface area contributed by atoms with Gasteiger partial charge in [0.15, 0.2) is 0 Å². The molecule has 0 saturated carbocycles. The van der Waals surface area contributed by atoms with Crippen LogP contribution in [0.1, 0.15) is 0 Å². The second kappa shape index (κ2) is 2.31. The Kier molecular flexibility index (Phi) is 1.64. The molecule has 6 heteroatoms. The van der Waals surface area contributed by atoms with Crippen LogP contribution in [0.4, 0.5) is 4.79 Å². The van der Waals surface area contributed by atoms with Gasteiger partial charge in [-0.1, -0.05) is 12.2 Å². The maximum absolute atomic E-state index is 10.6. The third-order valence-corrected chi connectivity index (χ3v) is 1.39. The lowest BCUT2D eigenvalue weighted by Gasteiger charge is -2.18. The lowest BCUT2D eigenvalue weighted by molar-refractivity contribution is -0.120. The highest BCUT2D eigenvalue weighted by Gasteiger charge is 2.26. The quantitative estimate of drug-likeness (QED) is 0.375. The number of hydrogen-bond donors (Lipinski definition) is 3. The summed E-state index contributed by atoms with van der Waals surface area (Å²) in [4.78, 5) is 21.1. The number of carbonyl (C=O) groups is 2. The van der Waals surface area contributed by atoms with Crippen LogP contribution in [0.2, 0.25) is 0 Å². The van der Waals surface area contributed by atoms with Crippen molar-refractivity contribution in [2.24, 2.45) is 5.73 Å². The number of amides is 3. The van der Waals surface area contributed by atoms with Crippen LogP contribution in [0.25, 0.3) is 0 Å². The SMILES string of the molecule is NC1C(=O)NC(=O)NC1=S. The van der Waals surface area contributed by atoms with Gasteiger partial charge in [-0.05, 0) is 0 Å². The zero-order valence-electron chi connectivity index (χ0n) is 4.88. The van der Waals surface area contributed by atoms with Crippen molar-refractivity contribution in [3.8, 4) is 0 Å². The first-order valence-corrected chi connectivity index (χ1v) is 2.93. The predicted octanol–water partition coefficient (Wildman–Crippen LogP) is -1.52. The predicted molar refractivity (Wildman–Crippen MR) is 37.2 cm³/mol. The summed E-state index contributed by atoms with van der Waals surface area (Å²) in [6.07, 6.45) is 0. The van der Waals surface area contributed by atoms with Crippen LogP contribution >= 0.6 is 12.2 Å². The van der Waals surface area contributed by atoms with E-state index in [-0.39, 0.29) is 4.99 Å². The number of thiocarbonyl (C=S) groups is 1. The van der Waals surface area contributed by atoms with E-state index in [0.29, 0.717) is 0 Å². The normalized spacial score (nSPS) is 25.7. The van der Waals surface area contributed by atoms with E-state index in [1.807, 2.05) is 5.32 Å². The Morgan fingerprint density at radius 3 is 2.50 bits per heavy atom. The molecule has 0 aromatic heterocycles. The van der Waals surface area contributed by atoms with E-state index in [2.05, 4.69) is 17.5 Å². The Hall–Kier alpha value is -1.01. The summed E-state index contributed by atoms with van der Waals surface area (Å²) in [6.45, 7) is 0. The van der Waals surface area contributed by atoms with Gasteiger partial charge < -0.3 is 11.1 Å². The summed E-state index contributed by atoms with van der Waals surface area (Å²) in [6, 6.07) is -1.51. The minimum absolute atomic E-state index is 0.0637. The number of nitrogens with two attached hydrogens (primary N) is 1. The van der Waals surface area contributed by atoms with Crippen LogP contribution in [-0.4, -0.2) is 23.0 Å². The number of nitrogens with one attached hydrogen (secondary N) is 2. The monoisotopic (exact) mass is 159 g/mol. The summed E-state index contributed by atoms with van der Waals surface area (Å²) in [5.74, 6) is -0.561. The number of imide groups is 1. The average molecular weight is 159 g/mol. The van der Waals surface area contributed by atoms with E-state index in [9.17, 15) is 9.59 Å². The zero-order valence-corrected chi connectivity index (χ0v) is 5.70. The molecule has 0 aromatic rings. The van der Waals surface area contributed by atoms with E-state index in [1.54, 1.807) is 0 Å². The second-order valence-electron chi connectivity index (χ2n) is 1.79. The molecule has 1 rings (SSSR count). The van der Waals surface area contributed by atoms with Gasteiger partial charge in [0.1, 0.15) is 11.0 Å². The summed E-state index contributed by atoms with van der Waals surface area (Å²) >= 11 is 4.56. The summed E-state index contributed by atoms with van der Waals surface area (Å²) in [5.41, 5.74) is 5.22. The van der Waals surface area contributed by atoms with Gasteiger partial charge in [0.2, 0.25) is 0 Å². The molecule has 0 aliphatic carbocycles. The van der Waals surface area contributed by atoms with Crippen molar-refractivity contribution < 1.29 is 9.59 Å². The molecular weight excluding hydrogens is 154 g/mol. The largest absolute Gasteiger partial charge is 0.326 e. The van der Waals surface area contributed by atoms with Crippen molar-refractivity contribution in [2.45, 2.75) is 6.04 Å². The van der Waals surface area contributed by atoms with Crippen LogP contribution in [-0.2, 0) is 4.79 Å². The minimum Gasteiger partial charge on any atom is -0.314 e. The van der Waals surface area contributed by atoms with Crippen molar-refractivity contribution >= 4 is 29.1 Å². The summed E-state index contributed by atoms with van der Waals surface area (Å²) in [7, 11) is 0. The van der Waals surface area contributed by atoms with E-state index >= 15 is 0 Å². The van der Waals surface area contributed by atoms with Gasteiger partial charge in [-0.15, -0.1) is 0 Å². The van der Waals surface area contributed by atoms with Crippen LogP contribution in [0.5, 0.6) is 0 Å². The Morgan fingerprint density at radius 2 is 2.00 bits per heavy atom. The molecule has 5 nitrogen and oxygen atoms in total. The van der Waals surface area contributed by atoms with Gasteiger partial charge in [0.05, 0.1) is 0 Å². The van der Waals surface area contributed by atoms with Gasteiger partial charge in [-0.3, -0.25) is 10.1 Å². The molecule has 1 unspecified atom stereocenters. The first kappa shape index (κ1) is 7.10. The topological polar surface area (TPSA) is 84.2 Å². The second-order valence-corrected chi connectivity index (χ2v) is 2.23. The molecule has 1 heterocycles. The average Bonchev–Trinajstić information content (AvgIpc) is 1.82. The third kappa shape index (κ3) is 1.12. The smallest absolute Gasteiger partial charge is 0.314 e. The molecule has 1 atom stereocenters. The van der Waals surface area contributed by atoms with Gasteiger partial charge in [-0.2, -0.15) is 0 Å². The highest BCUT2D eigenvalue weighted by molar-refractivity contribution is 7.80. The Balaban J connectivity index is 2.76. The Morgan fingerprint density at radius 1 is 1.40 bits per heavy atom. The molecule has 1 aliphatic heterocycles. The number of carbonyl (C=O) groups excluding carboxylic acids is 2. The van der Waals surface area contributed by atoms with Crippen molar-refractivity contribution in [1.82, 2.24) is 10.6 Å². The molecule has 4 N–H and O–H groups in total. The van der Waals surface area contributed by atoms with E-state index in [4.69, 9.17) is 5.73 Å². The van der Waals surface area contributed by atoms with E-state index in [1.165, 1.54) is 0 Å². The van der Waals surface area contributed by atoms with Crippen LogP contribution in [0, 0.1) is 0 Å². The van der Waals surface area contributed by atoms with Crippen molar-refractivity contribution in [1.29, 1.82) is 0 Å². The van der Waals surface area contributed by atoms with Crippen LogP contribution in [0.15, 0.2) is 0 Å². The molecule has 3 amide bonds. The maximum Gasteiger partial charge on any atom is 0.326 e. The highest BCUT2D eigenvalue weighted by Crippen LogP contribution is 1.88. The first-order valence-electron chi connectivity index (χ1n) is 2.52.